The number of piperidine rings is 1. The van der Waals surface area contributed by atoms with E-state index in [2.05, 4.69) is 42.3 Å². The molecule has 0 spiro atoms. The van der Waals surface area contributed by atoms with Crippen LogP contribution in [0.3, 0.4) is 0 Å². The zero-order chi connectivity index (χ0) is 22.9. The molecule has 1 aromatic heterocycles. The third kappa shape index (κ3) is 4.21. The lowest BCUT2D eigenvalue weighted by Crippen LogP contribution is -2.39. The van der Waals surface area contributed by atoms with Gasteiger partial charge in [0.2, 0.25) is 0 Å². The van der Waals surface area contributed by atoms with Crippen LogP contribution in [0, 0.1) is 13.8 Å². The summed E-state index contributed by atoms with van der Waals surface area (Å²) in [6.45, 7) is 5.55. The number of aromatic nitrogens is 1. The van der Waals surface area contributed by atoms with Gasteiger partial charge in [0.1, 0.15) is 0 Å². The summed E-state index contributed by atoms with van der Waals surface area (Å²) in [5, 5.41) is 2.61. The van der Waals surface area contributed by atoms with Gasteiger partial charge in [0.05, 0.1) is 30.1 Å². The maximum absolute atomic E-state index is 13.2. The highest BCUT2D eigenvalue weighted by atomic mass is 32.2. The molecule has 0 saturated carbocycles. The highest BCUT2D eigenvalue weighted by Gasteiger charge is 2.32. The normalized spacial score (nSPS) is 15.1. The second-order valence-electron chi connectivity index (χ2n) is 8.01. The maximum Gasteiger partial charge on any atom is 0.185 e. The molecule has 1 fully saturated rings. The Hall–Kier alpha value is -2.58. The van der Waals surface area contributed by atoms with E-state index in [1.54, 1.807) is 29.5 Å². The van der Waals surface area contributed by atoms with Gasteiger partial charge in [-0.1, -0.05) is 18.2 Å². The first-order valence-corrected chi connectivity index (χ1v) is 13.0. The van der Waals surface area contributed by atoms with E-state index in [0.29, 0.717) is 37.4 Å². The van der Waals surface area contributed by atoms with Gasteiger partial charge in [-0.15, -0.1) is 11.3 Å². The SMILES string of the molecule is COc1ccc(S(=O)(=O)C2CCN(c3nc(-c4cccc(C)c4C)cs3)CC2)cc1OC. The maximum atomic E-state index is 13.2. The molecule has 1 aliphatic heterocycles. The number of hydrogen-bond acceptors (Lipinski definition) is 7. The summed E-state index contributed by atoms with van der Waals surface area (Å²) in [5.74, 6) is 0.942. The van der Waals surface area contributed by atoms with Gasteiger partial charge in [0, 0.05) is 30.1 Å². The van der Waals surface area contributed by atoms with Gasteiger partial charge in [0.25, 0.3) is 0 Å². The van der Waals surface area contributed by atoms with Crippen molar-refractivity contribution in [3.05, 3.63) is 52.9 Å². The molecule has 6 nitrogen and oxygen atoms in total. The van der Waals surface area contributed by atoms with E-state index in [9.17, 15) is 8.42 Å². The van der Waals surface area contributed by atoms with Crippen LogP contribution in [-0.2, 0) is 9.84 Å². The van der Waals surface area contributed by atoms with Crippen molar-refractivity contribution in [1.29, 1.82) is 0 Å². The first-order valence-electron chi connectivity index (χ1n) is 10.6. The summed E-state index contributed by atoms with van der Waals surface area (Å²) >= 11 is 1.61. The molecule has 2 aromatic carbocycles. The Morgan fingerprint density at radius 2 is 1.75 bits per heavy atom. The minimum Gasteiger partial charge on any atom is -0.493 e. The molecule has 0 aliphatic carbocycles. The van der Waals surface area contributed by atoms with Crippen molar-refractivity contribution in [1.82, 2.24) is 4.98 Å². The summed E-state index contributed by atoms with van der Waals surface area (Å²) in [6.07, 6.45) is 1.13. The summed E-state index contributed by atoms with van der Waals surface area (Å²) in [5.41, 5.74) is 4.62. The Kier molecular flexibility index (Phi) is 6.44. The molecule has 2 heterocycles. The topological polar surface area (TPSA) is 68.7 Å². The molecule has 0 radical (unpaired) electrons. The number of ether oxygens (including phenoxy) is 2. The van der Waals surface area contributed by atoms with Crippen molar-refractivity contribution in [2.45, 2.75) is 36.8 Å². The van der Waals surface area contributed by atoms with E-state index in [0.717, 1.165) is 16.4 Å². The Balaban J connectivity index is 1.48. The molecular weight excluding hydrogens is 444 g/mol. The van der Waals surface area contributed by atoms with Crippen molar-refractivity contribution in [2.75, 3.05) is 32.2 Å². The fraction of sp³-hybridized carbons (Fsp3) is 0.375. The number of sulfone groups is 1. The molecule has 8 heteroatoms. The molecule has 0 atom stereocenters. The van der Waals surface area contributed by atoms with E-state index in [-0.39, 0.29) is 4.90 Å². The zero-order valence-electron chi connectivity index (χ0n) is 18.8. The summed E-state index contributed by atoms with van der Waals surface area (Å²) in [4.78, 5) is 7.33. The quantitative estimate of drug-likeness (QED) is 0.509. The summed E-state index contributed by atoms with van der Waals surface area (Å²) in [7, 11) is -0.412. The fourth-order valence-corrected chi connectivity index (χ4v) is 6.73. The van der Waals surface area contributed by atoms with Gasteiger partial charge in [-0.3, -0.25) is 0 Å². The smallest absolute Gasteiger partial charge is 0.185 e. The van der Waals surface area contributed by atoms with Gasteiger partial charge in [-0.25, -0.2) is 13.4 Å². The predicted molar refractivity (Wildman–Crippen MR) is 129 cm³/mol. The van der Waals surface area contributed by atoms with E-state index >= 15 is 0 Å². The van der Waals surface area contributed by atoms with E-state index in [4.69, 9.17) is 14.5 Å². The minimum absolute atomic E-state index is 0.278. The number of benzene rings is 2. The van der Waals surface area contributed by atoms with Crippen LogP contribution in [-0.4, -0.2) is 46.0 Å². The Morgan fingerprint density at radius 1 is 1.03 bits per heavy atom. The van der Waals surface area contributed by atoms with Crippen LogP contribution in [0.5, 0.6) is 11.5 Å². The van der Waals surface area contributed by atoms with Gasteiger partial charge in [-0.2, -0.15) is 0 Å². The van der Waals surface area contributed by atoms with Crippen molar-refractivity contribution in [2.24, 2.45) is 0 Å². The fourth-order valence-electron chi connectivity index (χ4n) is 4.11. The van der Waals surface area contributed by atoms with E-state index in [1.165, 1.54) is 25.3 Å². The van der Waals surface area contributed by atoms with Gasteiger partial charge < -0.3 is 14.4 Å². The number of nitrogens with zero attached hydrogens (tertiary/aromatic N) is 2. The summed E-state index contributed by atoms with van der Waals surface area (Å²) in [6, 6.07) is 11.1. The lowest BCUT2D eigenvalue weighted by Gasteiger charge is -2.31. The van der Waals surface area contributed by atoms with Crippen LogP contribution in [0.1, 0.15) is 24.0 Å². The molecule has 0 N–H and O–H groups in total. The van der Waals surface area contributed by atoms with Crippen molar-refractivity contribution >= 4 is 26.3 Å². The van der Waals surface area contributed by atoms with Gasteiger partial charge >= 0.3 is 0 Å². The average molecular weight is 473 g/mol. The Morgan fingerprint density at radius 3 is 2.44 bits per heavy atom. The monoisotopic (exact) mass is 472 g/mol. The minimum atomic E-state index is -3.45. The third-order valence-corrected chi connectivity index (χ3v) is 9.37. The lowest BCUT2D eigenvalue weighted by atomic mass is 10.0. The number of anilines is 1. The molecule has 1 aliphatic rings. The number of aryl methyl sites for hydroxylation is 1. The van der Waals surface area contributed by atoms with Crippen LogP contribution >= 0.6 is 11.3 Å². The molecule has 3 aromatic rings. The molecule has 0 bridgehead atoms. The van der Waals surface area contributed by atoms with E-state index in [1.807, 2.05) is 0 Å². The highest BCUT2D eigenvalue weighted by molar-refractivity contribution is 7.92. The number of rotatable bonds is 6. The average Bonchev–Trinajstić information content (AvgIpc) is 3.30. The van der Waals surface area contributed by atoms with Crippen molar-refractivity contribution < 1.29 is 17.9 Å². The van der Waals surface area contributed by atoms with Crippen LogP contribution in [0.2, 0.25) is 0 Å². The second-order valence-corrected chi connectivity index (χ2v) is 11.1. The molecule has 4 rings (SSSR count). The first kappa shape index (κ1) is 22.6. The van der Waals surface area contributed by atoms with Gasteiger partial charge in [-0.05, 0) is 49.9 Å². The molecule has 32 heavy (non-hydrogen) atoms. The van der Waals surface area contributed by atoms with E-state index < -0.39 is 15.1 Å². The van der Waals surface area contributed by atoms with Crippen LogP contribution in [0.4, 0.5) is 5.13 Å². The summed E-state index contributed by atoms with van der Waals surface area (Å²) < 4.78 is 37.0. The Bertz CT molecular complexity index is 1210. The van der Waals surface area contributed by atoms with Crippen molar-refractivity contribution in [3.63, 3.8) is 0 Å². The van der Waals surface area contributed by atoms with Gasteiger partial charge in [0.15, 0.2) is 26.5 Å². The largest absolute Gasteiger partial charge is 0.493 e. The standard InChI is InChI=1S/C24H28N2O4S2/c1-16-6-5-7-20(17(16)2)21-15-31-24(25-21)26-12-10-18(11-13-26)32(27,28)19-8-9-22(29-3)23(14-19)30-4/h5-9,14-15,18H,10-13H2,1-4H3. The number of methoxy groups -OCH3 is 2. The molecule has 0 unspecified atom stereocenters. The third-order valence-electron chi connectivity index (χ3n) is 6.21. The highest BCUT2D eigenvalue weighted by Crippen LogP contribution is 2.35. The molecule has 170 valence electrons. The number of hydrogen-bond donors (Lipinski definition) is 0. The first-order chi connectivity index (χ1) is 15.3. The van der Waals surface area contributed by atoms with Crippen LogP contribution in [0.25, 0.3) is 11.3 Å². The zero-order valence-corrected chi connectivity index (χ0v) is 20.4. The number of thiazole rings is 1. The predicted octanol–water partition coefficient (Wildman–Crippen LogP) is 4.89. The molecule has 0 amide bonds. The van der Waals surface area contributed by atoms with Crippen molar-refractivity contribution in [3.8, 4) is 22.8 Å². The lowest BCUT2D eigenvalue weighted by molar-refractivity contribution is 0.354. The van der Waals surface area contributed by atoms with Crippen LogP contribution in [0.15, 0.2) is 46.7 Å². The van der Waals surface area contributed by atoms with Crippen LogP contribution < -0.4 is 14.4 Å². The second kappa shape index (κ2) is 9.11. The Labute approximate surface area is 193 Å². The molecule has 1 saturated heterocycles. The molecular formula is C24H28N2O4S2.